The molecule has 7 heteroatoms. The van der Waals surface area contributed by atoms with E-state index < -0.39 is 0 Å². The molecule has 20 heavy (non-hydrogen) atoms. The van der Waals surface area contributed by atoms with E-state index in [0.29, 0.717) is 18.2 Å². The van der Waals surface area contributed by atoms with Crippen LogP contribution < -0.4 is 5.32 Å². The first-order valence-corrected chi connectivity index (χ1v) is 7.22. The minimum atomic E-state index is 0.0182. The van der Waals surface area contributed by atoms with Crippen LogP contribution in [0.15, 0.2) is 6.20 Å². The van der Waals surface area contributed by atoms with Crippen molar-refractivity contribution in [2.45, 2.75) is 18.7 Å². The summed E-state index contributed by atoms with van der Waals surface area (Å²) in [5.41, 5.74) is 0.964. The van der Waals surface area contributed by atoms with Crippen LogP contribution in [0.25, 0.3) is 0 Å². The quantitative estimate of drug-likeness (QED) is 0.841. The Bertz CT molecular complexity index is 427. The Morgan fingerprint density at radius 2 is 2.45 bits per heavy atom. The number of morpholine rings is 1. The molecule has 2 heterocycles. The third kappa shape index (κ3) is 3.51. The lowest BCUT2D eigenvalue weighted by Crippen LogP contribution is -2.46. The van der Waals surface area contributed by atoms with E-state index in [1.165, 1.54) is 0 Å². The highest BCUT2D eigenvalue weighted by Crippen LogP contribution is 2.28. The normalized spacial score (nSPS) is 22.1. The Morgan fingerprint density at radius 1 is 1.65 bits per heavy atom. The number of rotatable bonds is 6. The van der Waals surface area contributed by atoms with Crippen LogP contribution in [-0.4, -0.2) is 68.3 Å². The van der Waals surface area contributed by atoms with Gasteiger partial charge in [0.05, 0.1) is 48.8 Å². The van der Waals surface area contributed by atoms with Gasteiger partial charge in [0, 0.05) is 20.2 Å². The van der Waals surface area contributed by atoms with Crippen molar-refractivity contribution in [3.05, 3.63) is 16.9 Å². The number of likely N-dealkylation sites (N-methyl/N-ethyl adjacent to an activating group) is 2. The number of ether oxygens (including phenoxy) is 2. The van der Waals surface area contributed by atoms with Crippen molar-refractivity contribution in [1.29, 1.82) is 0 Å². The van der Waals surface area contributed by atoms with Gasteiger partial charge in [0.2, 0.25) is 0 Å². The van der Waals surface area contributed by atoms with Crippen molar-refractivity contribution in [1.82, 2.24) is 20.0 Å². The summed E-state index contributed by atoms with van der Waals surface area (Å²) in [5.74, 6) is 0. The summed E-state index contributed by atoms with van der Waals surface area (Å²) in [6.45, 7) is 3.86. The van der Waals surface area contributed by atoms with E-state index in [4.69, 9.17) is 21.1 Å². The third-order valence-corrected chi connectivity index (χ3v) is 3.91. The SMILES string of the molecule is CNC(c1c(Cl)cnn1CCOC)C1CN(C)CCO1. The van der Waals surface area contributed by atoms with Crippen LogP contribution >= 0.6 is 11.6 Å². The lowest BCUT2D eigenvalue weighted by atomic mass is 10.1. The number of nitrogens with zero attached hydrogens (tertiary/aromatic N) is 3. The van der Waals surface area contributed by atoms with Gasteiger partial charge in [0.25, 0.3) is 0 Å². The van der Waals surface area contributed by atoms with Gasteiger partial charge in [0.15, 0.2) is 0 Å². The fourth-order valence-corrected chi connectivity index (χ4v) is 2.81. The maximum atomic E-state index is 6.32. The van der Waals surface area contributed by atoms with Gasteiger partial charge in [-0.1, -0.05) is 11.6 Å². The zero-order valence-corrected chi connectivity index (χ0v) is 13.1. The molecule has 0 aliphatic carbocycles. The molecular formula is C13H23ClN4O2. The van der Waals surface area contributed by atoms with E-state index in [2.05, 4.69) is 22.4 Å². The van der Waals surface area contributed by atoms with Crippen LogP contribution in [0.2, 0.25) is 5.02 Å². The molecule has 1 aliphatic heterocycles. The van der Waals surface area contributed by atoms with Crippen LogP contribution in [0.5, 0.6) is 0 Å². The van der Waals surface area contributed by atoms with Gasteiger partial charge in [-0.3, -0.25) is 4.68 Å². The lowest BCUT2D eigenvalue weighted by molar-refractivity contribution is -0.0395. The zero-order valence-electron chi connectivity index (χ0n) is 12.3. The molecule has 114 valence electrons. The molecule has 0 spiro atoms. The molecule has 1 fully saturated rings. The molecule has 6 nitrogen and oxygen atoms in total. The summed E-state index contributed by atoms with van der Waals surface area (Å²) in [5, 5.41) is 8.31. The van der Waals surface area contributed by atoms with Crippen LogP contribution in [0.4, 0.5) is 0 Å². The molecule has 0 aromatic carbocycles. The number of hydrogen-bond acceptors (Lipinski definition) is 5. The molecule has 1 N–H and O–H groups in total. The Labute approximate surface area is 125 Å². The van der Waals surface area contributed by atoms with Gasteiger partial charge in [-0.2, -0.15) is 5.10 Å². The van der Waals surface area contributed by atoms with E-state index >= 15 is 0 Å². The van der Waals surface area contributed by atoms with Gasteiger partial charge in [-0.05, 0) is 14.1 Å². The second-order valence-electron chi connectivity index (χ2n) is 5.03. The van der Waals surface area contributed by atoms with Gasteiger partial charge in [-0.25, -0.2) is 0 Å². The van der Waals surface area contributed by atoms with E-state index in [0.717, 1.165) is 25.4 Å². The second-order valence-corrected chi connectivity index (χ2v) is 5.44. The molecule has 1 aromatic heterocycles. The second kappa shape index (κ2) is 7.38. The zero-order chi connectivity index (χ0) is 14.5. The molecule has 2 rings (SSSR count). The molecule has 1 saturated heterocycles. The van der Waals surface area contributed by atoms with Crippen LogP contribution in [0.3, 0.4) is 0 Å². The Balaban J connectivity index is 2.19. The number of aromatic nitrogens is 2. The number of halogens is 1. The summed E-state index contributed by atoms with van der Waals surface area (Å²) >= 11 is 6.32. The molecule has 0 saturated carbocycles. The average Bonchev–Trinajstić information content (AvgIpc) is 2.79. The Morgan fingerprint density at radius 3 is 3.10 bits per heavy atom. The molecule has 1 aromatic rings. The molecule has 0 bridgehead atoms. The summed E-state index contributed by atoms with van der Waals surface area (Å²) in [4.78, 5) is 2.27. The smallest absolute Gasteiger partial charge is 0.0912 e. The third-order valence-electron chi connectivity index (χ3n) is 3.61. The van der Waals surface area contributed by atoms with Crippen molar-refractivity contribution < 1.29 is 9.47 Å². The summed E-state index contributed by atoms with van der Waals surface area (Å²) in [6, 6.07) is 0.0182. The molecule has 0 amide bonds. The van der Waals surface area contributed by atoms with Crippen LogP contribution in [0.1, 0.15) is 11.7 Å². The predicted molar refractivity (Wildman–Crippen MR) is 78.2 cm³/mol. The maximum Gasteiger partial charge on any atom is 0.0912 e. The first-order valence-electron chi connectivity index (χ1n) is 6.85. The highest BCUT2D eigenvalue weighted by Gasteiger charge is 2.31. The monoisotopic (exact) mass is 302 g/mol. The van der Waals surface area contributed by atoms with Gasteiger partial charge >= 0.3 is 0 Å². The van der Waals surface area contributed by atoms with Gasteiger partial charge < -0.3 is 19.7 Å². The number of hydrogen-bond donors (Lipinski definition) is 1. The Kier molecular flexibility index (Phi) is 5.80. The Hall–Kier alpha value is -0.660. The molecule has 2 atom stereocenters. The van der Waals surface area contributed by atoms with Crippen molar-refractivity contribution in [2.24, 2.45) is 0 Å². The average molecular weight is 303 g/mol. The fraction of sp³-hybridized carbons (Fsp3) is 0.769. The van der Waals surface area contributed by atoms with E-state index in [9.17, 15) is 0 Å². The van der Waals surface area contributed by atoms with Crippen molar-refractivity contribution in [3.63, 3.8) is 0 Å². The molecule has 0 radical (unpaired) electrons. The minimum Gasteiger partial charge on any atom is -0.383 e. The molecular weight excluding hydrogens is 280 g/mol. The van der Waals surface area contributed by atoms with Crippen molar-refractivity contribution in [2.75, 3.05) is 47.5 Å². The fourth-order valence-electron chi connectivity index (χ4n) is 2.55. The van der Waals surface area contributed by atoms with Crippen molar-refractivity contribution in [3.8, 4) is 0 Å². The van der Waals surface area contributed by atoms with Crippen LogP contribution in [0, 0.1) is 0 Å². The first-order chi connectivity index (χ1) is 9.67. The topological polar surface area (TPSA) is 51.5 Å². The van der Waals surface area contributed by atoms with Crippen molar-refractivity contribution >= 4 is 11.6 Å². The lowest BCUT2D eigenvalue weighted by Gasteiger charge is -2.35. The predicted octanol–water partition coefficient (Wildman–Crippen LogP) is 0.774. The van der Waals surface area contributed by atoms with Gasteiger partial charge in [0.1, 0.15) is 0 Å². The van der Waals surface area contributed by atoms with E-state index in [1.54, 1.807) is 13.3 Å². The first kappa shape index (κ1) is 15.7. The highest BCUT2D eigenvalue weighted by atomic mass is 35.5. The summed E-state index contributed by atoms with van der Waals surface area (Å²) in [7, 11) is 5.71. The van der Waals surface area contributed by atoms with Gasteiger partial charge in [-0.15, -0.1) is 0 Å². The van der Waals surface area contributed by atoms with Crippen LogP contribution in [-0.2, 0) is 16.0 Å². The number of nitrogens with one attached hydrogen (secondary N) is 1. The standard InChI is InChI=1S/C13H23ClN4O2/c1-15-12(11-9-17(2)4-7-20-11)13-10(14)8-16-18(13)5-6-19-3/h8,11-12,15H,4-7,9H2,1-3H3. The minimum absolute atomic E-state index is 0.0182. The molecule has 2 unspecified atom stereocenters. The number of methoxy groups -OCH3 is 1. The largest absolute Gasteiger partial charge is 0.383 e. The molecule has 1 aliphatic rings. The maximum absolute atomic E-state index is 6.32. The summed E-state index contributed by atoms with van der Waals surface area (Å²) < 4.78 is 12.9. The summed E-state index contributed by atoms with van der Waals surface area (Å²) in [6.07, 6.45) is 1.75. The van der Waals surface area contributed by atoms with E-state index in [1.807, 2.05) is 11.7 Å². The highest BCUT2D eigenvalue weighted by molar-refractivity contribution is 6.31. The van der Waals surface area contributed by atoms with E-state index in [-0.39, 0.29) is 12.1 Å².